The first-order chi connectivity index (χ1) is 11.7. The zero-order chi connectivity index (χ0) is 16.1. The summed E-state index contributed by atoms with van der Waals surface area (Å²) in [5.74, 6) is 2.69. The van der Waals surface area contributed by atoms with Crippen LogP contribution >= 0.6 is 0 Å². The van der Waals surface area contributed by atoms with Gasteiger partial charge in [0.2, 0.25) is 0 Å². The van der Waals surface area contributed by atoms with Crippen LogP contribution in [0, 0.1) is 12.8 Å². The van der Waals surface area contributed by atoms with Crippen LogP contribution in [0.3, 0.4) is 0 Å². The smallest absolute Gasteiger partial charge is 0.150 e. The normalized spacial score (nSPS) is 31.3. The van der Waals surface area contributed by atoms with E-state index in [0.29, 0.717) is 0 Å². The lowest BCUT2D eigenvalue weighted by atomic mass is 9.72. The van der Waals surface area contributed by atoms with Gasteiger partial charge in [0.05, 0.1) is 22.8 Å². The van der Waals surface area contributed by atoms with Crippen LogP contribution in [-0.4, -0.2) is 40.0 Å². The van der Waals surface area contributed by atoms with Gasteiger partial charge in [-0.05, 0) is 69.0 Å². The summed E-state index contributed by atoms with van der Waals surface area (Å²) >= 11 is 0. The molecule has 1 aromatic carbocycles. The molecule has 5 heteroatoms. The highest BCUT2D eigenvalue weighted by Crippen LogP contribution is 2.41. The highest BCUT2D eigenvalue weighted by molar-refractivity contribution is 5.76. The van der Waals surface area contributed by atoms with Gasteiger partial charge in [-0.3, -0.25) is 4.98 Å². The Morgan fingerprint density at radius 3 is 2.92 bits per heavy atom. The predicted octanol–water partition coefficient (Wildman–Crippen LogP) is 2.65. The number of hydrogen-bond acceptors (Lipinski definition) is 5. The van der Waals surface area contributed by atoms with Crippen LogP contribution in [-0.2, 0) is 0 Å². The van der Waals surface area contributed by atoms with Crippen LogP contribution in [0.2, 0.25) is 0 Å². The molecule has 3 fully saturated rings. The number of rotatable bonds is 2. The van der Waals surface area contributed by atoms with Crippen molar-refractivity contribution in [3.05, 3.63) is 41.9 Å². The molecule has 4 aliphatic heterocycles. The lowest BCUT2D eigenvalue weighted by Gasteiger charge is -2.52. The van der Waals surface area contributed by atoms with Crippen molar-refractivity contribution < 1.29 is 0 Å². The third-order valence-electron chi connectivity index (χ3n) is 5.89. The number of aromatic nitrogens is 2. The fraction of sp³-hybridized carbons (Fsp3) is 0.474. The van der Waals surface area contributed by atoms with Crippen LogP contribution in [0.4, 0.5) is 5.82 Å². The molecular formula is C19H23N5. The number of hydrogen-bond donors (Lipinski definition) is 2. The van der Waals surface area contributed by atoms with Crippen molar-refractivity contribution >= 4 is 16.9 Å². The summed E-state index contributed by atoms with van der Waals surface area (Å²) in [5, 5.41) is 7.22. The summed E-state index contributed by atoms with van der Waals surface area (Å²) in [6.45, 7) is 5.79. The van der Waals surface area contributed by atoms with Crippen LogP contribution in [0.25, 0.3) is 11.0 Å². The van der Waals surface area contributed by atoms with Gasteiger partial charge in [-0.15, -0.1) is 0 Å². The SMILES string of the molecule is Cc1ccc2nc(NC3=CC[C@@]4(CN5CCC4CC5)N3)cnc2c1. The molecule has 6 rings (SSSR count). The number of anilines is 1. The highest BCUT2D eigenvalue weighted by atomic mass is 15.3. The molecular weight excluding hydrogens is 298 g/mol. The van der Waals surface area contributed by atoms with Crippen molar-refractivity contribution in [1.29, 1.82) is 0 Å². The van der Waals surface area contributed by atoms with Crippen LogP contribution in [0.15, 0.2) is 36.3 Å². The van der Waals surface area contributed by atoms with E-state index in [0.717, 1.165) is 35.0 Å². The molecule has 1 spiro atoms. The lowest BCUT2D eigenvalue weighted by Crippen LogP contribution is -2.64. The van der Waals surface area contributed by atoms with Crippen molar-refractivity contribution in [1.82, 2.24) is 20.2 Å². The van der Waals surface area contributed by atoms with E-state index in [1.807, 2.05) is 12.3 Å². The van der Waals surface area contributed by atoms with Gasteiger partial charge < -0.3 is 15.5 Å². The maximum absolute atomic E-state index is 4.70. The van der Waals surface area contributed by atoms with Crippen LogP contribution < -0.4 is 10.6 Å². The van der Waals surface area contributed by atoms with Crippen molar-refractivity contribution in [2.24, 2.45) is 5.92 Å². The van der Waals surface area contributed by atoms with Crippen molar-refractivity contribution in [3.8, 4) is 0 Å². The molecule has 0 radical (unpaired) electrons. The number of piperidine rings is 3. The molecule has 0 aliphatic carbocycles. The van der Waals surface area contributed by atoms with Gasteiger partial charge >= 0.3 is 0 Å². The minimum atomic E-state index is 0.236. The van der Waals surface area contributed by atoms with E-state index in [-0.39, 0.29) is 5.54 Å². The van der Waals surface area contributed by atoms with E-state index >= 15 is 0 Å². The highest BCUT2D eigenvalue weighted by Gasteiger charge is 2.48. The fourth-order valence-electron chi connectivity index (χ4n) is 4.60. The summed E-state index contributed by atoms with van der Waals surface area (Å²) < 4.78 is 0. The fourth-order valence-corrected chi connectivity index (χ4v) is 4.60. The lowest BCUT2D eigenvalue weighted by molar-refractivity contribution is 0.0189. The molecule has 0 saturated carbocycles. The summed E-state index contributed by atoms with van der Waals surface area (Å²) in [4.78, 5) is 11.8. The predicted molar refractivity (Wildman–Crippen MR) is 95.6 cm³/mol. The average molecular weight is 321 g/mol. The number of nitrogens with zero attached hydrogens (tertiary/aromatic N) is 3. The number of aryl methyl sites for hydroxylation is 1. The second-order valence-corrected chi connectivity index (χ2v) is 7.53. The number of benzene rings is 1. The Morgan fingerprint density at radius 1 is 1.25 bits per heavy atom. The minimum absolute atomic E-state index is 0.236. The van der Waals surface area contributed by atoms with E-state index in [1.165, 1.54) is 38.0 Å². The molecule has 1 atom stereocenters. The summed E-state index contributed by atoms with van der Waals surface area (Å²) in [7, 11) is 0. The average Bonchev–Trinajstić information content (AvgIpc) is 2.98. The van der Waals surface area contributed by atoms with E-state index in [2.05, 4.69) is 45.6 Å². The molecule has 4 aliphatic rings. The Bertz CT molecular complexity index is 822. The Balaban J connectivity index is 1.35. The quantitative estimate of drug-likeness (QED) is 0.890. The molecule has 124 valence electrons. The van der Waals surface area contributed by atoms with Gasteiger partial charge in [0.25, 0.3) is 0 Å². The van der Waals surface area contributed by atoms with Gasteiger partial charge in [0, 0.05) is 6.54 Å². The molecule has 2 aromatic rings. The first kappa shape index (κ1) is 14.2. The van der Waals surface area contributed by atoms with Gasteiger partial charge in [-0.25, -0.2) is 4.98 Å². The zero-order valence-corrected chi connectivity index (χ0v) is 14.0. The van der Waals surface area contributed by atoms with E-state index in [4.69, 9.17) is 4.98 Å². The monoisotopic (exact) mass is 321 g/mol. The first-order valence-corrected chi connectivity index (χ1v) is 8.91. The summed E-state index contributed by atoms with van der Waals surface area (Å²) in [5.41, 5.74) is 3.33. The zero-order valence-electron chi connectivity index (χ0n) is 14.0. The third kappa shape index (κ3) is 2.26. The molecule has 1 aromatic heterocycles. The molecule has 5 heterocycles. The molecule has 3 saturated heterocycles. The van der Waals surface area contributed by atoms with Crippen molar-refractivity contribution in [2.75, 3.05) is 25.0 Å². The van der Waals surface area contributed by atoms with Gasteiger partial charge in [-0.1, -0.05) is 6.07 Å². The van der Waals surface area contributed by atoms with E-state index < -0.39 is 0 Å². The molecule has 0 unspecified atom stereocenters. The van der Waals surface area contributed by atoms with Crippen LogP contribution in [0.1, 0.15) is 24.8 Å². The number of nitrogens with one attached hydrogen (secondary N) is 2. The largest absolute Gasteiger partial charge is 0.365 e. The van der Waals surface area contributed by atoms with E-state index in [9.17, 15) is 0 Å². The first-order valence-electron chi connectivity index (χ1n) is 8.91. The van der Waals surface area contributed by atoms with Crippen molar-refractivity contribution in [3.63, 3.8) is 0 Å². The third-order valence-corrected chi connectivity index (χ3v) is 5.89. The maximum Gasteiger partial charge on any atom is 0.150 e. The number of fused-ring (bicyclic) bond motifs is 3. The Morgan fingerprint density at radius 2 is 2.12 bits per heavy atom. The Hall–Kier alpha value is -2.14. The minimum Gasteiger partial charge on any atom is -0.365 e. The van der Waals surface area contributed by atoms with Crippen molar-refractivity contribution in [2.45, 2.75) is 31.7 Å². The van der Waals surface area contributed by atoms with Gasteiger partial charge in [0.1, 0.15) is 5.82 Å². The second kappa shape index (κ2) is 5.18. The van der Waals surface area contributed by atoms with Gasteiger partial charge in [0.15, 0.2) is 5.82 Å². The Labute approximate surface area is 142 Å². The summed E-state index contributed by atoms with van der Waals surface area (Å²) in [6, 6.07) is 6.19. The van der Waals surface area contributed by atoms with E-state index in [1.54, 1.807) is 0 Å². The molecule has 2 N–H and O–H groups in total. The summed E-state index contributed by atoms with van der Waals surface area (Å²) in [6.07, 6.45) is 7.87. The standard InChI is InChI=1S/C19H23N5/c1-13-2-3-15-16(10-13)20-11-18(21-15)22-17-4-7-19(23-17)12-24-8-5-14(19)6-9-24/h2-4,10-11,14,23H,5-9,12H2,1H3,(H,21,22)/t19-/m0/s1. The topological polar surface area (TPSA) is 53.1 Å². The molecule has 5 nitrogen and oxygen atoms in total. The maximum atomic E-state index is 4.70. The second-order valence-electron chi connectivity index (χ2n) is 7.53. The van der Waals surface area contributed by atoms with Gasteiger partial charge in [-0.2, -0.15) is 0 Å². The molecule has 24 heavy (non-hydrogen) atoms. The van der Waals surface area contributed by atoms with Crippen LogP contribution in [0.5, 0.6) is 0 Å². The Kier molecular flexibility index (Phi) is 3.07. The molecule has 2 bridgehead atoms. The molecule has 0 amide bonds.